The Balaban J connectivity index is 2.08. The second-order valence-corrected chi connectivity index (χ2v) is 3.84. The van der Waals surface area contributed by atoms with Gasteiger partial charge in [-0.25, -0.2) is 9.78 Å². The third-order valence-electron chi connectivity index (χ3n) is 2.28. The first-order valence-electron chi connectivity index (χ1n) is 5.79. The summed E-state index contributed by atoms with van der Waals surface area (Å²) in [6.45, 7) is -0.462. The predicted molar refractivity (Wildman–Crippen MR) is 70.2 cm³/mol. The largest absolute Gasteiger partial charge is 0.452 e. The van der Waals surface area contributed by atoms with Crippen molar-refractivity contribution in [3.8, 4) is 11.6 Å². The maximum atomic E-state index is 11.6. The van der Waals surface area contributed by atoms with Crippen LogP contribution in [0.25, 0.3) is 0 Å². The number of hydrogen-bond donors (Lipinski definition) is 1. The van der Waals surface area contributed by atoms with Crippen molar-refractivity contribution in [2.24, 2.45) is 5.73 Å². The van der Waals surface area contributed by atoms with Crippen molar-refractivity contribution < 1.29 is 19.1 Å². The molecule has 6 heteroatoms. The van der Waals surface area contributed by atoms with Crippen molar-refractivity contribution in [3.05, 3.63) is 54.2 Å². The van der Waals surface area contributed by atoms with Gasteiger partial charge in [0.2, 0.25) is 5.88 Å². The van der Waals surface area contributed by atoms with Crippen LogP contribution in [-0.2, 0) is 9.53 Å². The lowest BCUT2D eigenvalue weighted by molar-refractivity contribution is -0.121. The van der Waals surface area contributed by atoms with E-state index in [2.05, 4.69) is 4.98 Å². The molecule has 0 atom stereocenters. The van der Waals surface area contributed by atoms with E-state index in [0.29, 0.717) is 5.75 Å². The van der Waals surface area contributed by atoms with Gasteiger partial charge in [0, 0.05) is 12.3 Å². The highest BCUT2D eigenvalue weighted by molar-refractivity contribution is 5.91. The van der Waals surface area contributed by atoms with E-state index in [1.165, 1.54) is 18.3 Å². The minimum atomic E-state index is -0.715. The van der Waals surface area contributed by atoms with E-state index in [0.717, 1.165) is 0 Å². The highest BCUT2D eigenvalue weighted by Crippen LogP contribution is 2.19. The van der Waals surface area contributed by atoms with Crippen LogP contribution in [0.15, 0.2) is 48.7 Å². The van der Waals surface area contributed by atoms with Gasteiger partial charge >= 0.3 is 5.97 Å². The van der Waals surface area contributed by atoms with Crippen molar-refractivity contribution in [1.82, 2.24) is 4.98 Å². The first-order valence-corrected chi connectivity index (χ1v) is 5.79. The molecule has 0 fully saturated rings. The van der Waals surface area contributed by atoms with Gasteiger partial charge in [0.25, 0.3) is 5.91 Å². The number of primary amides is 1. The van der Waals surface area contributed by atoms with Crippen LogP contribution in [-0.4, -0.2) is 23.5 Å². The molecule has 0 aliphatic carbocycles. The van der Waals surface area contributed by atoms with Gasteiger partial charge in [-0.05, 0) is 18.2 Å². The van der Waals surface area contributed by atoms with Crippen molar-refractivity contribution >= 4 is 11.9 Å². The number of rotatable bonds is 5. The lowest BCUT2D eigenvalue weighted by Gasteiger charge is -2.06. The molecule has 102 valence electrons. The zero-order valence-corrected chi connectivity index (χ0v) is 10.5. The lowest BCUT2D eigenvalue weighted by atomic mass is 10.3. The maximum absolute atomic E-state index is 11.6. The van der Waals surface area contributed by atoms with Gasteiger partial charge in [0.1, 0.15) is 5.75 Å². The molecule has 0 unspecified atom stereocenters. The molecule has 0 spiro atoms. The number of esters is 1. The summed E-state index contributed by atoms with van der Waals surface area (Å²) in [6.07, 6.45) is 1.42. The average Bonchev–Trinajstić information content (AvgIpc) is 2.46. The SMILES string of the molecule is NC(=O)COC(=O)c1ccnc(Oc2ccccc2)c1. The Morgan fingerprint density at radius 3 is 2.60 bits per heavy atom. The Labute approximate surface area is 115 Å². The summed E-state index contributed by atoms with van der Waals surface area (Å²) in [4.78, 5) is 26.2. The number of ether oxygens (including phenoxy) is 2. The molecule has 0 bridgehead atoms. The topological polar surface area (TPSA) is 91.5 Å². The summed E-state index contributed by atoms with van der Waals surface area (Å²) < 4.78 is 10.2. The molecule has 1 amide bonds. The molecule has 0 radical (unpaired) electrons. The Kier molecular flexibility index (Phi) is 4.28. The second-order valence-electron chi connectivity index (χ2n) is 3.84. The number of benzene rings is 1. The normalized spacial score (nSPS) is 9.80. The Morgan fingerprint density at radius 1 is 1.15 bits per heavy atom. The van der Waals surface area contributed by atoms with E-state index < -0.39 is 18.5 Å². The van der Waals surface area contributed by atoms with Gasteiger partial charge in [0.15, 0.2) is 6.61 Å². The summed E-state index contributed by atoms with van der Waals surface area (Å²) in [6, 6.07) is 11.9. The van der Waals surface area contributed by atoms with Crippen LogP contribution in [0.4, 0.5) is 0 Å². The summed E-state index contributed by atoms with van der Waals surface area (Å²) in [7, 11) is 0. The molecule has 6 nitrogen and oxygen atoms in total. The molecular weight excluding hydrogens is 260 g/mol. The van der Waals surface area contributed by atoms with E-state index in [1.807, 2.05) is 18.2 Å². The summed E-state index contributed by atoms with van der Waals surface area (Å²) in [5.74, 6) is -0.523. The molecule has 2 N–H and O–H groups in total. The summed E-state index contributed by atoms with van der Waals surface area (Å²) in [5, 5.41) is 0. The van der Waals surface area contributed by atoms with Crippen molar-refractivity contribution in [3.63, 3.8) is 0 Å². The highest BCUT2D eigenvalue weighted by Gasteiger charge is 2.10. The van der Waals surface area contributed by atoms with Crippen LogP contribution in [0.3, 0.4) is 0 Å². The van der Waals surface area contributed by atoms with Crippen LogP contribution in [0.5, 0.6) is 11.6 Å². The van der Waals surface area contributed by atoms with Gasteiger partial charge < -0.3 is 15.2 Å². The van der Waals surface area contributed by atoms with Crippen LogP contribution in [0.2, 0.25) is 0 Å². The number of carbonyl (C=O) groups excluding carboxylic acids is 2. The number of hydrogen-bond acceptors (Lipinski definition) is 5. The standard InChI is InChI=1S/C14H12N2O4/c15-12(17)9-19-14(18)10-6-7-16-13(8-10)20-11-4-2-1-3-5-11/h1-8H,9H2,(H2,15,17). The van der Waals surface area contributed by atoms with Gasteiger partial charge in [-0.1, -0.05) is 18.2 Å². The number of amides is 1. The molecule has 20 heavy (non-hydrogen) atoms. The number of nitrogens with two attached hydrogens (primary N) is 1. The minimum absolute atomic E-state index is 0.229. The second kappa shape index (κ2) is 6.33. The molecule has 1 aromatic carbocycles. The number of para-hydroxylation sites is 1. The number of aromatic nitrogens is 1. The molecule has 2 rings (SSSR count). The monoisotopic (exact) mass is 272 g/mol. The first-order chi connectivity index (χ1) is 9.65. The minimum Gasteiger partial charge on any atom is -0.452 e. The van der Waals surface area contributed by atoms with Crippen molar-refractivity contribution in [1.29, 1.82) is 0 Å². The van der Waals surface area contributed by atoms with Gasteiger partial charge in [-0.3, -0.25) is 4.79 Å². The van der Waals surface area contributed by atoms with Crippen LogP contribution < -0.4 is 10.5 Å². The third kappa shape index (κ3) is 3.81. The fourth-order valence-corrected chi connectivity index (χ4v) is 1.42. The fourth-order valence-electron chi connectivity index (χ4n) is 1.42. The summed E-state index contributed by atoms with van der Waals surface area (Å²) in [5.41, 5.74) is 5.13. The Hall–Kier alpha value is -2.89. The maximum Gasteiger partial charge on any atom is 0.338 e. The summed E-state index contributed by atoms with van der Waals surface area (Å²) >= 11 is 0. The van der Waals surface area contributed by atoms with Gasteiger partial charge in [-0.15, -0.1) is 0 Å². The molecule has 1 heterocycles. The predicted octanol–water partition coefficient (Wildman–Crippen LogP) is 1.52. The third-order valence-corrected chi connectivity index (χ3v) is 2.28. The van der Waals surface area contributed by atoms with Crippen molar-refractivity contribution in [2.45, 2.75) is 0 Å². The Bertz CT molecular complexity index is 614. The van der Waals surface area contributed by atoms with Gasteiger partial charge in [-0.2, -0.15) is 0 Å². The molecule has 0 saturated carbocycles. The van der Waals surface area contributed by atoms with Crippen LogP contribution in [0.1, 0.15) is 10.4 Å². The Morgan fingerprint density at radius 2 is 1.90 bits per heavy atom. The smallest absolute Gasteiger partial charge is 0.338 e. The van der Waals surface area contributed by atoms with Crippen LogP contribution >= 0.6 is 0 Å². The van der Waals surface area contributed by atoms with E-state index in [9.17, 15) is 9.59 Å². The lowest BCUT2D eigenvalue weighted by Crippen LogP contribution is -2.20. The average molecular weight is 272 g/mol. The molecule has 1 aromatic heterocycles. The number of carbonyl (C=O) groups is 2. The van der Waals surface area contributed by atoms with Crippen LogP contribution in [0, 0.1) is 0 Å². The zero-order valence-electron chi connectivity index (χ0n) is 10.5. The number of nitrogens with zero attached hydrogens (tertiary/aromatic N) is 1. The van der Waals surface area contributed by atoms with E-state index in [-0.39, 0.29) is 11.4 Å². The molecule has 0 saturated heterocycles. The molecule has 0 aliphatic heterocycles. The quantitative estimate of drug-likeness (QED) is 0.833. The fraction of sp³-hybridized carbons (Fsp3) is 0.0714. The van der Waals surface area contributed by atoms with Crippen molar-refractivity contribution in [2.75, 3.05) is 6.61 Å². The molecule has 2 aromatic rings. The van der Waals surface area contributed by atoms with Gasteiger partial charge in [0.05, 0.1) is 5.56 Å². The molecule has 0 aliphatic rings. The zero-order chi connectivity index (χ0) is 14.4. The first kappa shape index (κ1) is 13.5. The number of pyridine rings is 1. The van der Waals surface area contributed by atoms with E-state index in [1.54, 1.807) is 12.1 Å². The van der Waals surface area contributed by atoms with E-state index >= 15 is 0 Å². The van der Waals surface area contributed by atoms with E-state index in [4.69, 9.17) is 15.2 Å². The molecular formula is C14H12N2O4. The highest BCUT2D eigenvalue weighted by atomic mass is 16.5.